The Kier molecular flexibility index (Phi) is 4.33. The van der Waals surface area contributed by atoms with E-state index in [1.807, 2.05) is 26.0 Å². The molecule has 0 fully saturated rings. The highest BCUT2D eigenvalue weighted by atomic mass is 32.2. The topological polar surface area (TPSA) is 89.3 Å². The summed E-state index contributed by atoms with van der Waals surface area (Å²) in [6.07, 6.45) is 0. The molecule has 7 nitrogen and oxygen atoms in total. The molecule has 0 aliphatic rings. The minimum atomic E-state index is -0.110. The van der Waals surface area contributed by atoms with Crippen LogP contribution >= 0.6 is 23.1 Å². The Bertz CT molecular complexity index is 1140. The third kappa shape index (κ3) is 3.04. The largest absolute Gasteiger partial charge is 0.309 e. The Balaban J connectivity index is 1.73. The van der Waals surface area contributed by atoms with Gasteiger partial charge in [-0.3, -0.25) is 4.79 Å². The summed E-state index contributed by atoms with van der Waals surface area (Å²) in [4.78, 5) is 22.2. The summed E-state index contributed by atoms with van der Waals surface area (Å²) in [6.45, 7) is 4.08. The van der Waals surface area contributed by atoms with Crippen molar-refractivity contribution >= 4 is 33.3 Å². The van der Waals surface area contributed by atoms with E-state index in [2.05, 4.69) is 37.6 Å². The standard InChI is InChI=1S/C17H16N6OS2/c1-9-4-6-11(7-5-9)13-10(2)26-16-14(13)15(24)18-12(19-16)8-25-17-20-21-22-23(17)3/h4-7H,8H2,1-3H3,(H,18,19,24). The maximum atomic E-state index is 12.8. The summed E-state index contributed by atoms with van der Waals surface area (Å²) in [7, 11) is 1.78. The minimum absolute atomic E-state index is 0.110. The maximum Gasteiger partial charge on any atom is 0.260 e. The van der Waals surface area contributed by atoms with Crippen LogP contribution in [0.1, 0.15) is 16.3 Å². The lowest BCUT2D eigenvalue weighted by atomic mass is 10.0. The number of nitrogens with one attached hydrogen (secondary N) is 1. The average Bonchev–Trinajstić information content (AvgIpc) is 3.16. The molecule has 0 bridgehead atoms. The van der Waals surface area contributed by atoms with Gasteiger partial charge < -0.3 is 4.98 Å². The molecule has 0 atom stereocenters. The van der Waals surface area contributed by atoms with Gasteiger partial charge in [0.2, 0.25) is 5.16 Å². The summed E-state index contributed by atoms with van der Waals surface area (Å²) in [5.41, 5.74) is 3.09. The van der Waals surface area contributed by atoms with E-state index in [4.69, 9.17) is 0 Å². The number of aryl methyl sites for hydroxylation is 3. The first-order valence-corrected chi connectivity index (χ1v) is 9.77. The van der Waals surface area contributed by atoms with E-state index in [-0.39, 0.29) is 5.56 Å². The van der Waals surface area contributed by atoms with Crippen molar-refractivity contribution in [1.82, 2.24) is 30.2 Å². The van der Waals surface area contributed by atoms with Crippen LogP contribution in [0.3, 0.4) is 0 Å². The molecule has 3 heterocycles. The third-order valence-electron chi connectivity index (χ3n) is 4.05. The molecule has 1 aromatic carbocycles. The van der Waals surface area contributed by atoms with Crippen LogP contribution in [0, 0.1) is 13.8 Å². The first-order chi connectivity index (χ1) is 12.5. The molecule has 0 saturated carbocycles. The zero-order valence-electron chi connectivity index (χ0n) is 14.5. The number of hydrogen-bond donors (Lipinski definition) is 1. The van der Waals surface area contributed by atoms with Crippen LogP contribution in [0.15, 0.2) is 34.2 Å². The highest BCUT2D eigenvalue weighted by Gasteiger charge is 2.17. The molecule has 26 heavy (non-hydrogen) atoms. The normalized spacial score (nSPS) is 11.3. The number of thioether (sulfide) groups is 1. The van der Waals surface area contributed by atoms with Gasteiger partial charge in [-0.15, -0.1) is 16.4 Å². The van der Waals surface area contributed by atoms with Crippen LogP contribution in [0.5, 0.6) is 0 Å². The van der Waals surface area contributed by atoms with E-state index in [0.29, 0.717) is 22.1 Å². The predicted octanol–water partition coefficient (Wildman–Crippen LogP) is 3.08. The molecule has 132 valence electrons. The number of tetrazole rings is 1. The number of aromatic amines is 1. The fourth-order valence-electron chi connectivity index (χ4n) is 2.78. The number of thiophene rings is 1. The van der Waals surface area contributed by atoms with Gasteiger partial charge in [-0.2, -0.15) is 0 Å². The molecule has 0 amide bonds. The highest BCUT2D eigenvalue weighted by molar-refractivity contribution is 7.98. The van der Waals surface area contributed by atoms with E-state index in [9.17, 15) is 4.79 Å². The van der Waals surface area contributed by atoms with Crippen molar-refractivity contribution in [2.75, 3.05) is 0 Å². The van der Waals surface area contributed by atoms with Crippen molar-refractivity contribution in [1.29, 1.82) is 0 Å². The van der Waals surface area contributed by atoms with E-state index in [0.717, 1.165) is 20.8 Å². The van der Waals surface area contributed by atoms with Gasteiger partial charge in [-0.05, 0) is 29.8 Å². The van der Waals surface area contributed by atoms with Crippen LogP contribution in [0.25, 0.3) is 21.3 Å². The van der Waals surface area contributed by atoms with Gasteiger partial charge in [0.1, 0.15) is 10.7 Å². The lowest BCUT2D eigenvalue weighted by Crippen LogP contribution is -2.11. The molecule has 3 aromatic heterocycles. The number of H-pyrrole nitrogens is 1. The second-order valence-electron chi connectivity index (χ2n) is 5.97. The Morgan fingerprint density at radius 2 is 2.00 bits per heavy atom. The summed E-state index contributed by atoms with van der Waals surface area (Å²) >= 11 is 2.98. The highest BCUT2D eigenvalue weighted by Crippen LogP contribution is 2.35. The number of benzene rings is 1. The molecule has 4 aromatic rings. The number of hydrogen-bond acceptors (Lipinski definition) is 7. The summed E-state index contributed by atoms with van der Waals surface area (Å²) in [6, 6.07) is 8.21. The molecule has 0 unspecified atom stereocenters. The fourth-order valence-corrected chi connectivity index (χ4v) is 4.56. The lowest BCUT2D eigenvalue weighted by Gasteiger charge is -2.03. The number of aromatic nitrogens is 6. The quantitative estimate of drug-likeness (QED) is 0.544. The van der Waals surface area contributed by atoms with E-state index in [1.165, 1.54) is 17.3 Å². The van der Waals surface area contributed by atoms with Gasteiger partial charge in [0, 0.05) is 17.5 Å². The monoisotopic (exact) mass is 384 g/mol. The summed E-state index contributed by atoms with van der Waals surface area (Å²) < 4.78 is 1.59. The van der Waals surface area contributed by atoms with Gasteiger partial charge >= 0.3 is 0 Å². The lowest BCUT2D eigenvalue weighted by molar-refractivity contribution is 0.664. The van der Waals surface area contributed by atoms with Crippen LogP contribution in [-0.4, -0.2) is 30.2 Å². The zero-order valence-corrected chi connectivity index (χ0v) is 16.1. The molecule has 0 radical (unpaired) electrons. The Morgan fingerprint density at radius 1 is 1.23 bits per heavy atom. The summed E-state index contributed by atoms with van der Waals surface area (Å²) in [5.74, 6) is 1.11. The van der Waals surface area contributed by atoms with Gasteiger partial charge in [-0.1, -0.05) is 41.6 Å². The van der Waals surface area contributed by atoms with Crippen molar-refractivity contribution in [3.8, 4) is 11.1 Å². The molecule has 0 spiro atoms. The van der Waals surface area contributed by atoms with Crippen molar-refractivity contribution < 1.29 is 0 Å². The molecular weight excluding hydrogens is 368 g/mol. The van der Waals surface area contributed by atoms with Gasteiger partial charge in [0.15, 0.2) is 0 Å². The Morgan fingerprint density at radius 3 is 2.69 bits per heavy atom. The van der Waals surface area contributed by atoms with Crippen molar-refractivity contribution in [3.63, 3.8) is 0 Å². The molecule has 9 heteroatoms. The first kappa shape index (κ1) is 16.9. The first-order valence-electron chi connectivity index (χ1n) is 7.97. The van der Waals surface area contributed by atoms with Crippen LogP contribution < -0.4 is 5.56 Å². The van der Waals surface area contributed by atoms with Crippen molar-refractivity contribution in [2.24, 2.45) is 7.05 Å². The number of fused-ring (bicyclic) bond motifs is 1. The number of nitrogens with zero attached hydrogens (tertiary/aromatic N) is 5. The van der Waals surface area contributed by atoms with E-state index in [1.54, 1.807) is 23.1 Å². The fraction of sp³-hybridized carbons (Fsp3) is 0.235. The summed E-state index contributed by atoms with van der Waals surface area (Å²) in [5, 5.41) is 12.7. The molecule has 0 aliphatic heterocycles. The Hall–Kier alpha value is -2.52. The van der Waals surface area contributed by atoms with E-state index >= 15 is 0 Å². The van der Waals surface area contributed by atoms with Crippen LogP contribution in [0.2, 0.25) is 0 Å². The molecule has 0 saturated heterocycles. The van der Waals surface area contributed by atoms with E-state index < -0.39 is 0 Å². The van der Waals surface area contributed by atoms with Gasteiger partial charge in [-0.25, -0.2) is 9.67 Å². The molecule has 4 rings (SSSR count). The minimum Gasteiger partial charge on any atom is -0.309 e. The second kappa shape index (κ2) is 6.65. The van der Waals surface area contributed by atoms with Gasteiger partial charge in [0.25, 0.3) is 5.56 Å². The second-order valence-corrected chi connectivity index (χ2v) is 8.11. The smallest absolute Gasteiger partial charge is 0.260 e. The SMILES string of the molecule is Cc1ccc(-c2c(C)sc3nc(CSc4nnnn4C)[nH]c(=O)c23)cc1. The number of rotatable bonds is 4. The molecular formula is C17H16N6OS2. The average molecular weight is 384 g/mol. The zero-order chi connectivity index (χ0) is 18.3. The molecule has 1 N–H and O–H groups in total. The molecule has 0 aliphatic carbocycles. The third-order valence-corrected chi connectivity index (χ3v) is 6.07. The predicted molar refractivity (Wildman–Crippen MR) is 104 cm³/mol. The van der Waals surface area contributed by atoms with Gasteiger partial charge in [0.05, 0.1) is 11.1 Å². The maximum absolute atomic E-state index is 12.8. The Labute approximate surface area is 157 Å². The van der Waals surface area contributed by atoms with Crippen molar-refractivity contribution in [3.05, 3.63) is 50.9 Å². The van der Waals surface area contributed by atoms with Crippen molar-refractivity contribution in [2.45, 2.75) is 24.8 Å². The van der Waals surface area contributed by atoms with Crippen LogP contribution in [0.4, 0.5) is 0 Å². The van der Waals surface area contributed by atoms with Crippen LogP contribution in [-0.2, 0) is 12.8 Å².